The third kappa shape index (κ3) is 6.13. The number of unbranched alkanes of at least 4 members (excludes halogenated alkanes) is 5. The van der Waals surface area contributed by atoms with E-state index in [1.54, 1.807) is 0 Å². The van der Waals surface area contributed by atoms with Gasteiger partial charge in [0.25, 0.3) is 11.8 Å². The van der Waals surface area contributed by atoms with E-state index in [1.807, 2.05) is 0 Å². The van der Waals surface area contributed by atoms with Gasteiger partial charge in [0.15, 0.2) is 0 Å². The van der Waals surface area contributed by atoms with Crippen molar-refractivity contribution in [1.82, 2.24) is 4.90 Å². The number of nitrogens with zero attached hydrogens (tertiary/aromatic N) is 1. The van der Waals surface area contributed by atoms with Crippen molar-refractivity contribution in [2.45, 2.75) is 64.7 Å². The maximum absolute atomic E-state index is 11.6. The molecule has 0 saturated carbocycles. The van der Waals surface area contributed by atoms with Gasteiger partial charge < -0.3 is 0 Å². The van der Waals surface area contributed by atoms with Crippen molar-refractivity contribution in [3.05, 3.63) is 12.2 Å². The maximum atomic E-state index is 11.6. The van der Waals surface area contributed by atoms with E-state index in [-0.39, 0.29) is 11.8 Å². The predicted octanol–water partition coefficient (Wildman–Crippen LogP) is 3.01. The first kappa shape index (κ1) is 16.6. The lowest BCUT2D eigenvalue weighted by Gasteiger charge is -2.12. The van der Waals surface area contributed by atoms with Crippen molar-refractivity contribution in [3.63, 3.8) is 0 Å². The summed E-state index contributed by atoms with van der Waals surface area (Å²) >= 11 is 0. The first-order valence-corrected chi connectivity index (χ1v) is 7.70. The molecule has 2 amide bonds. The number of ketones is 1. The zero-order valence-corrected chi connectivity index (χ0v) is 12.4. The highest BCUT2D eigenvalue weighted by Gasteiger charge is 2.22. The summed E-state index contributed by atoms with van der Waals surface area (Å²) in [4.78, 5) is 35.4. The smallest absolute Gasteiger partial charge is 0.253 e. The Morgan fingerprint density at radius 2 is 1.45 bits per heavy atom. The average Bonchev–Trinajstić information content (AvgIpc) is 2.74. The lowest BCUT2D eigenvalue weighted by molar-refractivity contribution is -0.136. The van der Waals surface area contributed by atoms with Crippen molar-refractivity contribution >= 4 is 17.6 Å². The molecule has 0 radical (unpaired) electrons. The van der Waals surface area contributed by atoms with E-state index in [1.165, 1.54) is 29.9 Å². The van der Waals surface area contributed by atoms with Crippen LogP contribution in [0, 0.1) is 0 Å². The SMILES string of the molecule is CCCCCCC(=O)CCCCCN1C(=O)C=CC1=O. The number of carbonyl (C=O) groups is 3. The molecule has 0 fully saturated rings. The fourth-order valence-electron chi connectivity index (χ4n) is 2.29. The molecular weight excluding hydrogens is 254 g/mol. The van der Waals surface area contributed by atoms with Gasteiger partial charge in [-0.3, -0.25) is 19.3 Å². The third-order valence-electron chi connectivity index (χ3n) is 3.55. The number of hydrogen-bond acceptors (Lipinski definition) is 3. The van der Waals surface area contributed by atoms with Crippen LogP contribution in [-0.4, -0.2) is 29.0 Å². The molecular formula is C16H25NO3. The van der Waals surface area contributed by atoms with Crippen LogP contribution in [0.5, 0.6) is 0 Å². The van der Waals surface area contributed by atoms with E-state index in [2.05, 4.69) is 6.92 Å². The summed E-state index contributed by atoms with van der Waals surface area (Å²) in [5, 5.41) is 0. The van der Waals surface area contributed by atoms with Gasteiger partial charge in [0.2, 0.25) is 0 Å². The fraction of sp³-hybridized carbons (Fsp3) is 0.688. The molecule has 0 aromatic carbocycles. The van der Waals surface area contributed by atoms with E-state index >= 15 is 0 Å². The van der Waals surface area contributed by atoms with Crippen LogP contribution in [0.15, 0.2) is 12.2 Å². The largest absolute Gasteiger partial charge is 0.300 e. The number of hydrogen-bond donors (Lipinski definition) is 0. The monoisotopic (exact) mass is 279 g/mol. The minimum atomic E-state index is -0.220. The first-order chi connectivity index (χ1) is 9.65. The highest BCUT2D eigenvalue weighted by Crippen LogP contribution is 2.10. The Hall–Kier alpha value is -1.45. The molecule has 0 saturated heterocycles. The molecule has 1 rings (SSSR count). The molecule has 0 unspecified atom stereocenters. The van der Waals surface area contributed by atoms with Gasteiger partial charge in [0, 0.05) is 31.5 Å². The van der Waals surface area contributed by atoms with E-state index < -0.39 is 0 Å². The van der Waals surface area contributed by atoms with Crippen molar-refractivity contribution in [2.24, 2.45) is 0 Å². The fourth-order valence-corrected chi connectivity index (χ4v) is 2.29. The summed E-state index contributed by atoms with van der Waals surface area (Å²) in [6.45, 7) is 2.63. The number of Topliss-reactive ketones (excluding diaryl/α,β-unsaturated/α-hetero) is 1. The molecule has 4 heteroatoms. The third-order valence-corrected chi connectivity index (χ3v) is 3.55. The van der Waals surface area contributed by atoms with Gasteiger partial charge in [0.1, 0.15) is 5.78 Å². The minimum absolute atomic E-state index is 0.220. The van der Waals surface area contributed by atoms with Crippen molar-refractivity contribution in [1.29, 1.82) is 0 Å². The number of rotatable bonds is 11. The highest BCUT2D eigenvalue weighted by atomic mass is 16.2. The summed E-state index contributed by atoms with van der Waals surface area (Å²) in [5.74, 6) is -0.0971. The molecule has 0 N–H and O–H groups in total. The number of carbonyl (C=O) groups excluding carboxylic acids is 3. The highest BCUT2D eigenvalue weighted by molar-refractivity contribution is 6.12. The molecule has 1 heterocycles. The number of imide groups is 1. The molecule has 0 spiro atoms. The van der Waals surface area contributed by atoms with E-state index in [0.717, 1.165) is 32.1 Å². The van der Waals surface area contributed by atoms with Gasteiger partial charge in [-0.15, -0.1) is 0 Å². The van der Waals surface area contributed by atoms with Crippen LogP contribution in [0.25, 0.3) is 0 Å². The lowest BCUT2D eigenvalue weighted by atomic mass is 10.1. The van der Waals surface area contributed by atoms with Crippen LogP contribution in [0.4, 0.5) is 0 Å². The molecule has 0 aromatic rings. The topological polar surface area (TPSA) is 54.5 Å². The molecule has 1 aliphatic rings. The van der Waals surface area contributed by atoms with Gasteiger partial charge in [-0.25, -0.2) is 0 Å². The molecule has 112 valence electrons. The van der Waals surface area contributed by atoms with Crippen LogP contribution < -0.4 is 0 Å². The van der Waals surface area contributed by atoms with Crippen molar-refractivity contribution in [2.75, 3.05) is 6.54 Å². The second-order valence-electron chi connectivity index (χ2n) is 5.32. The average molecular weight is 279 g/mol. The van der Waals surface area contributed by atoms with Crippen molar-refractivity contribution < 1.29 is 14.4 Å². The van der Waals surface area contributed by atoms with E-state index in [4.69, 9.17) is 0 Å². The Balaban J connectivity index is 1.98. The summed E-state index contributed by atoms with van der Waals surface area (Å²) < 4.78 is 0. The van der Waals surface area contributed by atoms with Gasteiger partial charge in [-0.1, -0.05) is 32.6 Å². The molecule has 20 heavy (non-hydrogen) atoms. The zero-order chi connectivity index (χ0) is 14.8. The van der Waals surface area contributed by atoms with Crippen LogP contribution in [-0.2, 0) is 14.4 Å². The second kappa shape index (κ2) is 9.45. The normalized spacial score (nSPS) is 14.3. The lowest BCUT2D eigenvalue weighted by Crippen LogP contribution is -2.30. The standard InChI is InChI=1S/C16H25NO3/c1-2-3-4-6-9-14(18)10-7-5-8-13-17-15(19)11-12-16(17)20/h11-12H,2-10,13H2,1H3. The Labute approximate surface area is 121 Å². The molecule has 4 nitrogen and oxygen atoms in total. The number of amides is 2. The summed E-state index contributed by atoms with van der Waals surface area (Å²) in [5.41, 5.74) is 0. The van der Waals surface area contributed by atoms with Gasteiger partial charge >= 0.3 is 0 Å². The molecule has 0 bridgehead atoms. The van der Waals surface area contributed by atoms with E-state index in [9.17, 15) is 14.4 Å². The quantitative estimate of drug-likeness (QED) is 0.431. The maximum Gasteiger partial charge on any atom is 0.253 e. The van der Waals surface area contributed by atoms with Gasteiger partial charge in [-0.05, 0) is 19.3 Å². The van der Waals surface area contributed by atoms with Crippen molar-refractivity contribution in [3.8, 4) is 0 Å². The minimum Gasteiger partial charge on any atom is -0.300 e. The molecule has 0 atom stereocenters. The summed E-state index contributed by atoms with van der Waals surface area (Å²) in [6.07, 6.45) is 11.0. The molecule has 1 aliphatic heterocycles. The Kier molecular flexibility index (Phi) is 7.85. The van der Waals surface area contributed by atoms with Crippen LogP contribution in [0.1, 0.15) is 64.7 Å². The van der Waals surface area contributed by atoms with Gasteiger partial charge in [-0.2, -0.15) is 0 Å². The Morgan fingerprint density at radius 1 is 0.900 bits per heavy atom. The second-order valence-corrected chi connectivity index (χ2v) is 5.32. The predicted molar refractivity (Wildman–Crippen MR) is 78.1 cm³/mol. The molecule has 0 aromatic heterocycles. The molecule has 0 aliphatic carbocycles. The Morgan fingerprint density at radius 3 is 2.00 bits per heavy atom. The van der Waals surface area contributed by atoms with Crippen LogP contribution >= 0.6 is 0 Å². The van der Waals surface area contributed by atoms with Crippen LogP contribution in [0.2, 0.25) is 0 Å². The van der Waals surface area contributed by atoms with E-state index in [0.29, 0.717) is 25.2 Å². The summed E-state index contributed by atoms with van der Waals surface area (Å²) in [6, 6.07) is 0. The summed E-state index contributed by atoms with van der Waals surface area (Å²) in [7, 11) is 0. The van der Waals surface area contributed by atoms with Gasteiger partial charge in [0.05, 0.1) is 0 Å². The van der Waals surface area contributed by atoms with Crippen LogP contribution in [0.3, 0.4) is 0 Å². The zero-order valence-electron chi connectivity index (χ0n) is 12.4. The Bertz CT molecular complexity index is 356. The first-order valence-electron chi connectivity index (χ1n) is 7.70.